The van der Waals surface area contributed by atoms with Gasteiger partial charge in [-0.1, -0.05) is 0 Å². The maximum Gasteiger partial charge on any atom is 0.288 e. The number of halogens is 2. The number of aliphatic hydroxyl groups excluding tert-OH is 1. The molecule has 122 valence electrons. The van der Waals surface area contributed by atoms with Gasteiger partial charge in [0.1, 0.15) is 5.75 Å². The van der Waals surface area contributed by atoms with E-state index in [0.29, 0.717) is 11.3 Å². The molecule has 0 bridgehead atoms. The van der Waals surface area contributed by atoms with Gasteiger partial charge in [-0.15, -0.1) is 0 Å². The van der Waals surface area contributed by atoms with Gasteiger partial charge in [-0.05, 0) is 46.7 Å². The van der Waals surface area contributed by atoms with Gasteiger partial charge in [0, 0.05) is 5.56 Å². The molecule has 2 aromatic rings. The molecule has 0 saturated heterocycles. The van der Waals surface area contributed by atoms with E-state index in [4.69, 9.17) is 4.74 Å². The molecule has 2 unspecified atom stereocenters. The molecule has 2 N–H and O–H groups in total. The quantitative estimate of drug-likeness (QED) is 0.851. The highest BCUT2D eigenvalue weighted by molar-refractivity contribution is 7.07. The first-order chi connectivity index (χ1) is 11.0. The van der Waals surface area contributed by atoms with Crippen molar-refractivity contribution in [3.8, 4) is 5.75 Å². The molecule has 0 aliphatic heterocycles. The molecule has 1 aliphatic carbocycles. The van der Waals surface area contributed by atoms with E-state index in [2.05, 4.69) is 5.32 Å². The minimum absolute atomic E-state index is 0.208. The first-order valence-electron chi connectivity index (χ1n) is 7.08. The second-order valence-corrected chi connectivity index (χ2v) is 6.14. The van der Waals surface area contributed by atoms with Crippen molar-refractivity contribution in [3.05, 3.63) is 52.2 Å². The van der Waals surface area contributed by atoms with Crippen molar-refractivity contribution in [2.45, 2.75) is 24.5 Å². The fraction of sp³-hybridized carbons (Fsp3) is 0.312. The van der Waals surface area contributed by atoms with Crippen molar-refractivity contribution >= 4 is 17.2 Å². The van der Waals surface area contributed by atoms with Gasteiger partial charge < -0.3 is 15.2 Å². The van der Waals surface area contributed by atoms with Crippen LogP contribution in [-0.2, 0) is 0 Å². The fourth-order valence-corrected chi connectivity index (χ4v) is 2.83. The van der Waals surface area contributed by atoms with Crippen molar-refractivity contribution < 1.29 is 23.4 Å². The van der Waals surface area contributed by atoms with Crippen molar-refractivity contribution in [1.82, 2.24) is 5.32 Å². The third-order valence-electron chi connectivity index (χ3n) is 3.60. The Balaban J connectivity index is 1.61. The van der Waals surface area contributed by atoms with Crippen LogP contribution in [0.15, 0.2) is 41.1 Å². The van der Waals surface area contributed by atoms with E-state index in [1.165, 1.54) is 35.6 Å². The van der Waals surface area contributed by atoms with E-state index in [0.717, 1.165) is 5.56 Å². The number of carbonyl (C=O) groups is 1. The zero-order chi connectivity index (χ0) is 16.4. The van der Waals surface area contributed by atoms with Crippen LogP contribution in [0.1, 0.15) is 28.4 Å². The third-order valence-corrected chi connectivity index (χ3v) is 4.30. The average Bonchev–Trinajstić information content (AvgIpc) is 2.95. The van der Waals surface area contributed by atoms with Crippen molar-refractivity contribution in [3.63, 3.8) is 0 Å². The van der Waals surface area contributed by atoms with Gasteiger partial charge >= 0.3 is 0 Å². The number of alkyl halides is 2. The van der Waals surface area contributed by atoms with Gasteiger partial charge in [0.25, 0.3) is 11.8 Å². The van der Waals surface area contributed by atoms with E-state index in [-0.39, 0.29) is 18.9 Å². The molecule has 1 amide bonds. The molecule has 2 atom stereocenters. The predicted octanol–water partition coefficient (Wildman–Crippen LogP) is 3.00. The molecule has 1 aliphatic rings. The molecule has 0 spiro atoms. The van der Waals surface area contributed by atoms with E-state index < -0.39 is 18.1 Å². The number of carbonyl (C=O) groups excluding carboxylic acids is 1. The summed E-state index contributed by atoms with van der Waals surface area (Å²) in [6.45, 7) is -0.208. The van der Waals surface area contributed by atoms with E-state index in [1.807, 2.05) is 16.8 Å². The molecule has 1 heterocycles. The summed E-state index contributed by atoms with van der Waals surface area (Å²) in [5, 5.41) is 15.8. The summed E-state index contributed by atoms with van der Waals surface area (Å²) < 4.78 is 30.7. The summed E-state index contributed by atoms with van der Waals surface area (Å²) in [5.41, 5.74) is 1.20. The molecule has 1 aromatic heterocycles. The van der Waals surface area contributed by atoms with Crippen LogP contribution in [0.5, 0.6) is 5.75 Å². The van der Waals surface area contributed by atoms with Gasteiger partial charge in [0.15, 0.2) is 6.10 Å². The number of ether oxygens (including phenoxy) is 1. The lowest BCUT2D eigenvalue weighted by Gasteiger charge is -2.15. The summed E-state index contributed by atoms with van der Waals surface area (Å²) in [6, 6.07) is 7.35. The lowest BCUT2D eigenvalue weighted by Crippen LogP contribution is -2.30. The molecule has 1 saturated carbocycles. The number of rotatable bonds is 6. The second-order valence-electron chi connectivity index (χ2n) is 5.36. The number of thiophene rings is 1. The molecule has 4 nitrogen and oxygen atoms in total. The highest BCUT2D eigenvalue weighted by atomic mass is 32.1. The zero-order valence-electron chi connectivity index (χ0n) is 12.0. The average molecular weight is 339 g/mol. The number of aliphatic hydroxyl groups is 1. The lowest BCUT2D eigenvalue weighted by molar-refractivity contribution is 0.0665. The topological polar surface area (TPSA) is 58.6 Å². The Morgan fingerprint density at radius 1 is 1.39 bits per heavy atom. The number of amides is 1. The molecule has 7 heteroatoms. The van der Waals surface area contributed by atoms with Crippen LogP contribution in [0, 0.1) is 0 Å². The summed E-state index contributed by atoms with van der Waals surface area (Å²) in [6.07, 6.45) is -1.34. The smallest absolute Gasteiger partial charge is 0.288 e. The van der Waals surface area contributed by atoms with Crippen LogP contribution in [-0.4, -0.2) is 29.6 Å². The van der Waals surface area contributed by atoms with Crippen molar-refractivity contribution in [2.75, 3.05) is 6.61 Å². The minimum atomic E-state index is -2.75. The van der Waals surface area contributed by atoms with Gasteiger partial charge in [-0.2, -0.15) is 11.3 Å². The number of hydrogen-bond donors (Lipinski definition) is 2. The molecule has 1 aromatic carbocycles. The van der Waals surface area contributed by atoms with E-state index >= 15 is 0 Å². The maximum absolute atomic E-state index is 12.8. The molecule has 3 rings (SSSR count). The Labute approximate surface area is 135 Å². The van der Waals surface area contributed by atoms with Crippen LogP contribution in [0.3, 0.4) is 0 Å². The summed E-state index contributed by atoms with van der Waals surface area (Å²) in [4.78, 5) is 12.2. The number of nitrogens with one attached hydrogen (secondary N) is 1. The molecule has 1 fully saturated rings. The predicted molar refractivity (Wildman–Crippen MR) is 82.0 cm³/mol. The minimum Gasteiger partial charge on any atom is -0.484 e. The highest BCUT2D eigenvalue weighted by Crippen LogP contribution is 2.44. The zero-order valence-corrected chi connectivity index (χ0v) is 12.9. The molecule has 23 heavy (non-hydrogen) atoms. The van der Waals surface area contributed by atoms with Crippen molar-refractivity contribution in [1.29, 1.82) is 0 Å². The molecular formula is C16H15F2NO3S. The van der Waals surface area contributed by atoms with Gasteiger partial charge in [0.2, 0.25) is 0 Å². The van der Waals surface area contributed by atoms with Gasteiger partial charge in [-0.3, -0.25) is 4.79 Å². The van der Waals surface area contributed by atoms with Crippen LogP contribution in [0.25, 0.3) is 0 Å². The second kappa shape index (κ2) is 6.25. The lowest BCUT2D eigenvalue weighted by atomic mass is 10.1. The highest BCUT2D eigenvalue weighted by Gasteiger charge is 2.59. The Morgan fingerprint density at radius 3 is 2.61 bits per heavy atom. The third kappa shape index (κ3) is 3.68. The standard InChI is InChI=1S/C16H15F2NO3S/c17-16(18)7-14(16)22-12-3-1-10(2-4-12)15(21)19-13(8-20)11-5-6-23-9-11/h1-6,9,13-14,20H,7-8H2,(H,19,21). The Bertz CT molecular complexity index is 673. The molecule has 0 radical (unpaired) electrons. The van der Waals surface area contributed by atoms with E-state index in [1.54, 1.807) is 0 Å². The largest absolute Gasteiger partial charge is 0.484 e. The Kier molecular flexibility index (Phi) is 4.32. The van der Waals surface area contributed by atoms with Crippen LogP contribution < -0.4 is 10.1 Å². The normalized spacial score (nSPS) is 19.9. The summed E-state index contributed by atoms with van der Waals surface area (Å²) in [7, 11) is 0. The summed E-state index contributed by atoms with van der Waals surface area (Å²) in [5.74, 6) is -2.79. The van der Waals surface area contributed by atoms with E-state index in [9.17, 15) is 18.7 Å². The monoisotopic (exact) mass is 339 g/mol. The Morgan fingerprint density at radius 2 is 2.09 bits per heavy atom. The maximum atomic E-state index is 12.8. The Hall–Kier alpha value is -1.99. The van der Waals surface area contributed by atoms with Gasteiger partial charge in [0.05, 0.1) is 19.1 Å². The van der Waals surface area contributed by atoms with Crippen LogP contribution >= 0.6 is 11.3 Å². The first-order valence-corrected chi connectivity index (χ1v) is 8.02. The van der Waals surface area contributed by atoms with Crippen molar-refractivity contribution in [2.24, 2.45) is 0 Å². The molecular weight excluding hydrogens is 324 g/mol. The van der Waals surface area contributed by atoms with Crippen LogP contribution in [0.4, 0.5) is 8.78 Å². The first kappa shape index (κ1) is 15.9. The fourth-order valence-electron chi connectivity index (χ4n) is 2.11. The SMILES string of the molecule is O=C(NC(CO)c1ccsc1)c1ccc(OC2CC2(F)F)cc1. The van der Waals surface area contributed by atoms with Gasteiger partial charge in [-0.25, -0.2) is 8.78 Å². The number of benzene rings is 1. The summed E-state index contributed by atoms with van der Waals surface area (Å²) >= 11 is 1.48. The number of hydrogen-bond acceptors (Lipinski definition) is 4. The van der Waals surface area contributed by atoms with Crippen LogP contribution in [0.2, 0.25) is 0 Å².